The van der Waals surface area contributed by atoms with Crippen LogP contribution >= 0.6 is 11.5 Å². The van der Waals surface area contributed by atoms with Crippen LogP contribution < -0.4 is 10.1 Å². The van der Waals surface area contributed by atoms with Crippen LogP contribution in [0.15, 0.2) is 23.7 Å². The number of nitrogens with zero attached hydrogens (tertiary/aromatic N) is 3. The molecule has 2 heterocycles. The predicted octanol–water partition coefficient (Wildman–Crippen LogP) is 2.22. The third-order valence-corrected chi connectivity index (χ3v) is 2.66. The van der Waals surface area contributed by atoms with Gasteiger partial charge in [0.15, 0.2) is 5.69 Å². The highest BCUT2D eigenvalue weighted by Crippen LogP contribution is 2.13. The lowest BCUT2D eigenvalue weighted by molar-refractivity contribution is 0.102. The van der Waals surface area contributed by atoms with Gasteiger partial charge in [-0.15, -0.1) is 5.10 Å². The van der Waals surface area contributed by atoms with Crippen LogP contribution in [0, 0.1) is 5.92 Å². The summed E-state index contributed by atoms with van der Waals surface area (Å²) in [7, 11) is 0. The van der Waals surface area contributed by atoms with Gasteiger partial charge in [-0.05, 0) is 23.5 Å². The number of pyridine rings is 1. The molecule has 0 bridgehead atoms. The Morgan fingerprint density at radius 2 is 2.32 bits per heavy atom. The molecular formula is C12H14N4O2S. The average molecular weight is 278 g/mol. The maximum absolute atomic E-state index is 11.7. The molecule has 0 fully saturated rings. The Bertz CT molecular complexity index is 525. The molecule has 0 aliphatic carbocycles. The van der Waals surface area contributed by atoms with Gasteiger partial charge in [0.05, 0.1) is 18.5 Å². The van der Waals surface area contributed by atoms with Crippen molar-refractivity contribution in [1.82, 2.24) is 14.6 Å². The van der Waals surface area contributed by atoms with Crippen molar-refractivity contribution >= 4 is 23.1 Å². The fourth-order valence-electron chi connectivity index (χ4n) is 1.25. The van der Waals surface area contributed by atoms with E-state index < -0.39 is 0 Å². The van der Waals surface area contributed by atoms with E-state index in [0.717, 1.165) is 11.5 Å². The second-order valence-electron chi connectivity index (χ2n) is 4.33. The van der Waals surface area contributed by atoms with E-state index in [1.807, 2.05) is 0 Å². The Balaban J connectivity index is 1.93. The van der Waals surface area contributed by atoms with Crippen molar-refractivity contribution in [2.75, 3.05) is 11.9 Å². The topological polar surface area (TPSA) is 77.0 Å². The monoisotopic (exact) mass is 278 g/mol. The lowest BCUT2D eigenvalue weighted by Gasteiger charge is -2.08. The van der Waals surface area contributed by atoms with Crippen LogP contribution in [0.3, 0.4) is 0 Å². The molecule has 0 spiro atoms. The second-order valence-corrected chi connectivity index (χ2v) is 4.94. The number of nitrogens with one attached hydrogen (secondary N) is 1. The largest absolute Gasteiger partial charge is 0.477 e. The van der Waals surface area contributed by atoms with E-state index >= 15 is 0 Å². The zero-order valence-electron chi connectivity index (χ0n) is 10.7. The minimum absolute atomic E-state index is 0.296. The molecule has 0 saturated heterocycles. The molecule has 0 saturated carbocycles. The number of amides is 1. The molecule has 19 heavy (non-hydrogen) atoms. The summed E-state index contributed by atoms with van der Waals surface area (Å²) >= 11 is 1.13. The third-order valence-electron chi connectivity index (χ3n) is 2.15. The number of rotatable bonds is 5. The minimum Gasteiger partial charge on any atom is -0.477 e. The van der Waals surface area contributed by atoms with Crippen LogP contribution in [-0.2, 0) is 0 Å². The van der Waals surface area contributed by atoms with Crippen LogP contribution in [0.2, 0.25) is 0 Å². The number of ether oxygens (including phenoxy) is 1. The highest BCUT2D eigenvalue weighted by Gasteiger charge is 2.09. The van der Waals surface area contributed by atoms with Crippen LogP contribution in [0.1, 0.15) is 24.3 Å². The molecule has 0 atom stereocenters. The summed E-state index contributed by atoms with van der Waals surface area (Å²) in [6.45, 7) is 4.75. The number of hydrogen-bond donors (Lipinski definition) is 1. The van der Waals surface area contributed by atoms with Crippen molar-refractivity contribution in [2.24, 2.45) is 5.92 Å². The number of hydrogen-bond acceptors (Lipinski definition) is 6. The lowest BCUT2D eigenvalue weighted by Crippen LogP contribution is -2.12. The van der Waals surface area contributed by atoms with Crippen molar-refractivity contribution in [3.63, 3.8) is 0 Å². The first-order valence-corrected chi connectivity index (χ1v) is 6.66. The predicted molar refractivity (Wildman–Crippen MR) is 72.4 cm³/mol. The van der Waals surface area contributed by atoms with Crippen LogP contribution in [0.4, 0.5) is 5.69 Å². The van der Waals surface area contributed by atoms with Gasteiger partial charge < -0.3 is 10.1 Å². The molecule has 6 nitrogen and oxygen atoms in total. The highest BCUT2D eigenvalue weighted by molar-refractivity contribution is 7.03. The van der Waals surface area contributed by atoms with E-state index in [2.05, 4.69) is 33.7 Å². The number of carbonyl (C=O) groups is 1. The fourth-order valence-corrected chi connectivity index (χ4v) is 1.69. The normalized spacial score (nSPS) is 10.5. The van der Waals surface area contributed by atoms with Gasteiger partial charge >= 0.3 is 0 Å². The van der Waals surface area contributed by atoms with Crippen molar-refractivity contribution in [1.29, 1.82) is 0 Å². The van der Waals surface area contributed by atoms with Gasteiger partial charge in [-0.1, -0.05) is 18.3 Å². The molecule has 1 N–H and O–H groups in total. The van der Waals surface area contributed by atoms with Crippen molar-refractivity contribution < 1.29 is 9.53 Å². The Morgan fingerprint density at radius 3 is 2.89 bits per heavy atom. The smallest absolute Gasteiger partial charge is 0.277 e. The molecule has 2 aromatic rings. The molecule has 100 valence electrons. The summed E-state index contributed by atoms with van der Waals surface area (Å²) in [6.07, 6.45) is 1.55. The quantitative estimate of drug-likeness (QED) is 0.907. The second kappa shape index (κ2) is 6.24. The Labute approximate surface area is 115 Å². The summed E-state index contributed by atoms with van der Waals surface area (Å²) < 4.78 is 9.09. The van der Waals surface area contributed by atoms with E-state index in [4.69, 9.17) is 4.74 Å². The van der Waals surface area contributed by atoms with Crippen LogP contribution in [0.25, 0.3) is 0 Å². The van der Waals surface area contributed by atoms with Gasteiger partial charge in [-0.2, -0.15) is 0 Å². The zero-order chi connectivity index (χ0) is 13.7. The molecule has 0 radical (unpaired) electrons. The molecule has 1 amide bonds. The summed E-state index contributed by atoms with van der Waals surface area (Å²) in [5.74, 6) is 0.687. The highest BCUT2D eigenvalue weighted by atomic mass is 32.1. The Morgan fingerprint density at radius 1 is 1.47 bits per heavy atom. The first-order valence-electron chi connectivity index (χ1n) is 5.82. The SMILES string of the molecule is CC(C)COc1ccc(NC(=O)c2csnn2)cn1. The molecule has 7 heteroatoms. The van der Waals surface area contributed by atoms with Gasteiger partial charge in [0, 0.05) is 11.4 Å². The fraction of sp³-hybridized carbons (Fsp3) is 0.333. The molecule has 2 rings (SSSR count). The number of carbonyl (C=O) groups excluding carboxylic acids is 1. The van der Waals surface area contributed by atoms with Gasteiger partial charge in [0.2, 0.25) is 5.88 Å². The average Bonchev–Trinajstić information content (AvgIpc) is 2.92. The lowest BCUT2D eigenvalue weighted by atomic mass is 10.2. The summed E-state index contributed by atoms with van der Waals surface area (Å²) in [6, 6.07) is 3.46. The van der Waals surface area contributed by atoms with Crippen molar-refractivity contribution in [3.8, 4) is 5.88 Å². The van der Waals surface area contributed by atoms with Gasteiger partial charge in [0.1, 0.15) is 0 Å². The van der Waals surface area contributed by atoms with Crippen molar-refractivity contribution in [2.45, 2.75) is 13.8 Å². The van der Waals surface area contributed by atoms with Gasteiger partial charge in [-0.3, -0.25) is 4.79 Å². The Kier molecular flexibility index (Phi) is 4.40. The van der Waals surface area contributed by atoms with Crippen LogP contribution in [0.5, 0.6) is 5.88 Å². The molecule has 0 aliphatic rings. The molecular weight excluding hydrogens is 264 g/mol. The van der Waals surface area contributed by atoms with Gasteiger partial charge in [0.25, 0.3) is 5.91 Å². The molecule has 0 unspecified atom stereocenters. The Hall–Kier alpha value is -2.02. The molecule has 0 aromatic carbocycles. The first-order chi connectivity index (χ1) is 9.15. The van der Waals surface area contributed by atoms with E-state index in [9.17, 15) is 4.79 Å². The number of aromatic nitrogens is 3. The third kappa shape index (κ3) is 3.99. The summed E-state index contributed by atoms with van der Waals surface area (Å²) in [5.41, 5.74) is 0.889. The maximum Gasteiger partial charge on any atom is 0.277 e. The van der Waals surface area contributed by atoms with Gasteiger partial charge in [-0.25, -0.2) is 4.98 Å². The summed E-state index contributed by atoms with van der Waals surface area (Å²) in [4.78, 5) is 15.8. The summed E-state index contributed by atoms with van der Waals surface area (Å²) in [5, 5.41) is 7.96. The van der Waals surface area contributed by atoms with E-state index in [-0.39, 0.29) is 5.91 Å². The molecule has 2 aromatic heterocycles. The van der Waals surface area contributed by atoms with E-state index in [0.29, 0.717) is 29.8 Å². The number of anilines is 1. The van der Waals surface area contributed by atoms with Crippen LogP contribution in [-0.4, -0.2) is 27.1 Å². The maximum atomic E-state index is 11.7. The zero-order valence-corrected chi connectivity index (χ0v) is 11.5. The van der Waals surface area contributed by atoms with E-state index in [1.54, 1.807) is 23.7 Å². The first kappa shape index (κ1) is 13.4. The van der Waals surface area contributed by atoms with Crippen molar-refractivity contribution in [3.05, 3.63) is 29.4 Å². The molecule has 0 aliphatic heterocycles. The minimum atomic E-state index is -0.300. The standard InChI is InChI=1S/C12H14N4O2S/c1-8(2)6-18-11-4-3-9(5-13-11)14-12(17)10-7-19-16-15-10/h3-5,7-8H,6H2,1-2H3,(H,14,17). The van der Waals surface area contributed by atoms with E-state index in [1.165, 1.54) is 0 Å².